The summed E-state index contributed by atoms with van der Waals surface area (Å²) in [5, 5.41) is 12.2. The molecule has 0 bridgehead atoms. The molecule has 27 heavy (non-hydrogen) atoms. The molecule has 1 aliphatic heterocycles. The average molecular weight is 391 g/mol. The molecule has 8 nitrogen and oxygen atoms in total. The van der Waals surface area contributed by atoms with Gasteiger partial charge in [0.1, 0.15) is 5.75 Å². The maximum Gasteiger partial charge on any atom is 0.234 e. The third-order valence-corrected chi connectivity index (χ3v) is 5.06. The minimum atomic E-state index is -0.0808. The van der Waals surface area contributed by atoms with Crippen LogP contribution in [0, 0.1) is 0 Å². The molecule has 0 unspecified atom stereocenters. The first-order chi connectivity index (χ1) is 13.2. The minimum absolute atomic E-state index is 0.0808. The molecule has 1 N–H and O–H groups in total. The molecule has 2 heterocycles. The molecule has 0 radical (unpaired) electrons. The van der Waals surface area contributed by atoms with Crippen LogP contribution in [0.5, 0.6) is 5.75 Å². The summed E-state index contributed by atoms with van der Waals surface area (Å²) in [6.45, 7) is 8.37. The van der Waals surface area contributed by atoms with Crippen LogP contribution in [0.2, 0.25) is 0 Å². The van der Waals surface area contributed by atoms with E-state index >= 15 is 0 Å². The van der Waals surface area contributed by atoms with E-state index in [1.54, 1.807) is 0 Å². The Morgan fingerprint density at radius 3 is 2.63 bits per heavy atom. The molecule has 0 spiro atoms. The van der Waals surface area contributed by atoms with E-state index in [0.717, 1.165) is 42.2 Å². The number of benzene rings is 1. The molecular weight excluding hydrogens is 366 g/mol. The third kappa shape index (κ3) is 5.14. The number of rotatable bonds is 8. The fraction of sp³-hybridized carbons (Fsp3) is 0.500. The van der Waals surface area contributed by atoms with Gasteiger partial charge in [0.05, 0.1) is 25.6 Å². The van der Waals surface area contributed by atoms with Gasteiger partial charge < -0.3 is 19.7 Å². The molecule has 0 aliphatic carbocycles. The predicted molar refractivity (Wildman–Crippen MR) is 106 cm³/mol. The van der Waals surface area contributed by atoms with Gasteiger partial charge in [-0.05, 0) is 38.1 Å². The molecule has 1 aromatic carbocycles. The van der Waals surface area contributed by atoms with Crippen molar-refractivity contribution in [2.45, 2.75) is 25.5 Å². The molecule has 1 aromatic heterocycles. The van der Waals surface area contributed by atoms with Gasteiger partial charge in [0.15, 0.2) is 5.16 Å². The number of morpholine rings is 1. The molecular formula is C18H25N5O3S. The summed E-state index contributed by atoms with van der Waals surface area (Å²) in [5.74, 6) is 1.82. The molecule has 1 amide bonds. The number of amides is 1. The van der Waals surface area contributed by atoms with Crippen LogP contribution in [0.3, 0.4) is 0 Å². The van der Waals surface area contributed by atoms with Crippen molar-refractivity contribution in [3.8, 4) is 5.75 Å². The maximum atomic E-state index is 12.3. The number of nitrogens with zero attached hydrogens (tertiary/aromatic N) is 4. The Morgan fingerprint density at radius 1 is 1.22 bits per heavy atom. The highest BCUT2D eigenvalue weighted by molar-refractivity contribution is 7.99. The molecule has 3 rings (SSSR count). The highest BCUT2D eigenvalue weighted by Crippen LogP contribution is 2.23. The van der Waals surface area contributed by atoms with Gasteiger partial charge in [-0.25, -0.2) is 0 Å². The van der Waals surface area contributed by atoms with Crippen LogP contribution < -0.4 is 15.0 Å². The lowest BCUT2D eigenvalue weighted by atomic mass is 10.3. The molecule has 146 valence electrons. The SMILES string of the molecule is CCOc1ccc(NC(=O)CSc2nnc(N3CCOCC3)n2CC)cc1. The number of hydrogen-bond donors (Lipinski definition) is 1. The van der Waals surface area contributed by atoms with E-state index in [1.807, 2.05) is 35.8 Å². The van der Waals surface area contributed by atoms with E-state index in [2.05, 4.69) is 27.3 Å². The van der Waals surface area contributed by atoms with Gasteiger partial charge in [-0.2, -0.15) is 0 Å². The van der Waals surface area contributed by atoms with Gasteiger partial charge in [-0.3, -0.25) is 9.36 Å². The van der Waals surface area contributed by atoms with Crippen LogP contribution in [0.4, 0.5) is 11.6 Å². The molecule has 1 fully saturated rings. The first-order valence-corrected chi connectivity index (χ1v) is 10.1. The summed E-state index contributed by atoms with van der Waals surface area (Å²) in [7, 11) is 0. The highest BCUT2D eigenvalue weighted by Gasteiger charge is 2.20. The normalized spacial score (nSPS) is 14.2. The van der Waals surface area contributed by atoms with Crippen LogP contribution in [0.1, 0.15) is 13.8 Å². The average Bonchev–Trinajstić information content (AvgIpc) is 3.12. The van der Waals surface area contributed by atoms with E-state index in [-0.39, 0.29) is 11.7 Å². The molecule has 0 atom stereocenters. The second-order valence-electron chi connectivity index (χ2n) is 5.92. The third-order valence-electron chi connectivity index (χ3n) is 4.09. The predicted octanol–water partition coefficient (Wildman–Crippen LogP) is 2.26. The van der Waals surface area contributed by atoms with Crippen molar-refractivity contribution in [3.63, 3.8) is 0 Å². The standard InChI is InChI=1S/C18H25N5O3S/c1-3-23-17(22-9-11-25-12-10-22)20-21-18(23)27-13-16(24)19-14-5-7-15(8-6-14)26-4-2/h5-8H,3-4,9-13H2,1-2H3,(H,19,24). The van der Waals surface area contributed by atoms with Crippen molar-refractivity contribution < 1.29 is 14.3 Å². The van der Waals surface area contributed by atoms with Crippen LogP contribution in [-0.2, 0) is 16.1 Å². The number of thioether (sulfide) groups is 1. The van der Waals surface area contributed by atoms with Gasteiger partial charge >= 0.3 is 0 Å². The number of nitrogens with one attached hydrogen (secondary N) is 1. The summed E-state index contributed by atoms with van der Waals surface area (Å²) in [5.41, 5.74) is 0.745. The van der Waals surface area contributed by atoms with Crippen LogP contribution in [0.15, 0.2) is 29.4 Å². The van der Waals surface area contributed by atoms with E-state index < -0.39 is 0 Å². The number of carbonyl (C=O) groups excluding carboxylic acids is 1. The lowest BCUT2D eigenvalue weighted by Gasteiger charge is -2.27. The second-order valence-corrected chi connectivity index (χ2v) is 6.86. The minimum Gasteiger partial charge on any atom is -0.494 e. The Kier molecular flexibility index (Phi) is 6.94. The van der Waals surface area contributed by atoms with Crippen molar-refractivity contribution in [2.75, 3.05) is 48.9 Å². The quantitative estimate of drug-likeness (QED) is 0.691. The largest absolute Gasteiger partial charge is 0.494 e. The summed E-state index contributed by atoms with van der Waals surface area (Å²) in [6.07, 6.45) is 0. The summed E-state index contributed by atoms with van der Waals surface area (Å²) < 4.78 is 12.8. The maximum absolute atomic E-state index is 12.3. The van der Waals surface area contributed by atoms with Crippen LogP contribution >= 0.6 is 11.8 Å². The Labute approximate surface area is 163 Å². The molecule has 0 saturated carbocycles. The van der Waals surface area contributed by atoms with Crippen molar-refractivity contribution in [1.82, 2.24) is 14.8 Å². The Balaban J connectivity index is 1.56. The smallest absolute Gasteiger partial charge is 0.234 e. The lowest BCUT2D eigenvalue weighted by Crippen LogP contribution is -2.38. The molecule has 2 aromatic rings. The number of anilines is 2. The molecule has 9 heteroatoms. The van der Waals surface area contributed by atoms with E-state index in [9.17, 15) is 4.79 Å². The highest BCUT2D eigenvalue weighted by atomic mass is 32.2. The second kappa shape index (κ2) is 9.61. The summed E-state index contributed by atoms with van der Waals surface area (Å²) >= 11 is 1.39. The van der Waals surface area contributed by atoms with E-state index in [1.165, 1.54) is 11.8 Å². The number of carbonyl (C=O) groups is 1. The fourth-order valence-electron chi connectivity index (χ4n) is 2.79. The number of ether oxygens (including phenoxy) is 2. The van der Waals surface area contributed by atoms with Gasteiger partial charge in [-0.15, -0.1) is 10.2 Å². The van der Waals surface area contributed by atoms with Gasteiger partial charge in [0.2, 0.25) is 11.9 Å². The molecule has 1 aliphatic rings. The van der Waals surface area contributed by atoms with E-state index in [4.69, 9.17) is 9.47 Å². The number of hydrogen-bond acceptors (Lipinski definition) is 7. The summed E-state index contributed by atoms with van der Waals surface area (Å²) in [6, 6.07) is 7.35. The van der Waals surface area contributed by atoms with Gasteiger partial charge in [0.25, 0.3) is 0 Å². The van der Waals surface area contributed by atoms with Gasteiger partial charge in [-0.1, -0.05) is 11.8 Å². The van der Waals surface area contributed by atoms with Crippen molar-refractivity contribution in [2.24, 2.45) is 0 Å². The zero-order valence-electron chi connectivity index (χ0n) is 15.7. The Hall–Kier alpha value is -2.26. The Morgan fingerprint density at radius 2 is 1.96 bits per heavy atom. The monoisotopic (exact) mass is 391 g/mol. The van der Waals surface area contributed by atoms with Crippen LogP contribution in [-0.4, -0.2) is 59.3 Å². The van der Waals surface area contributed by atoms with Crippen molar-refractivity contribution in [1.29, 1.82) is 0 Å². The number of aromatic nitrogens is 3. The van der Waals surface area contributed by atoms with Crippen LogP contribution in [0.25, 0.3) is 0 Å². The topological polar surface area (TPSA) is 81.5 Å². The zero-order valence-corrected chi connectivity index (χ0v) is 16.5. The first kappa shape index (κ1) is 19.5. The van der Waals surface area contributed by atoms with Crippen molar-refractivity contribution in [3.05, 3.63) is 24.3 Å². The summed E-state index contributed by atoms with van der Waals surface area (Å²) in [4.78, 5) is 14.4. The van der Waals surface area contributed by atoms with E-state index in [0.29, 0.717) is 19.8 Å². The molecule has 1 saturated heterocycles. The van der Waals surface area contributed by atoms with Gasteiger partial charge in [0, 0.05) is 25.3 Å². The Bertz CT molecular complexity index is 744. The van der Waals surface area contributed by atoms with Crippen molar-refractivity contribution >= 4 is 29.3 Å². The lowest BCUT2D eigenvalue weighted by molar-refractivity contribution is -0.113. The first-order valence-electron chi connectivity index (χ1n) is 9.12. The fourth-order valence-corrected chi connectivity index (χ4v) is 3.59. The zero-order chi connectivity index (χ0) is 19.1.